The monoisotopic (exact) mass is 211 g/mol. The van der Waals surface area contributed by atoms with E-state index in [0.717, 1.165) is 6.42 Å². The van der Waals surface area contributed by atoms with Crippen LogP contribution in [0.25, 0.3) is 0 Å². The summed E-state index contributed by atoms with van der Waals surface area (Å²) in [6.45, 7) is 3.10. The number of rotatable bonds is 1. The lowest BCUT2D eigenvalue weighted by Crippen LogP contribution is -2.43. The van der Waals surface area contributed by atoms with Gasteiger partial charge < -0.3 is 0 Å². The molecule has 0 aliphatic carbocycles. The summed E-state index contributed by atoms with van der Waals surface area (Å²) in [5, 5.41) is -0.0246. The fourth-order valence-corrected chi connectivity index (χ4v) is 3.03. The smallest absolute Gasteiger partial charge is 0.211 e. The van der Waals surface area contributed by atoms with Crippen molar-refractivity contribution in [3.8, 4) is 0 Å². The normalized spacial score (nSPS) is 33.6. The third kappa shape index (κ3) is 2.61. The topological polar surface area (TPSA) is 37.4 Å². The first-order chi connectivity index (χ1) is 5.39. The molecule has 72 valence electrons. The number of nitrogens with zero attached hydrogens (tertiary/aromatic N) is 1. The summed E-state index contributed by atoms with van der Waals surface area (Å²) in [7, 11) is -3.04. The fraction of sp³-hybridized carbons (Fsp3) is 1.00. The Labute approximate surface area is 78.7 Å². The van der Waals surface area contributed by atoms with Crippen molar-refractivity contribution in [1.29, 1.82) is 0 Å². The zero-order valence-corrected chi connectivity index (χ0v) is 8.90. The summed E-state index contributed by atoms with van der Waals surface area (Å²) in [4.78, 5) is 0. The minimum atomic E-state index is -3.04. The lowest BCUT2D eigenvalue weighted by atomic mass is 10.0. The van der Waals surface area contributed by atoms with Crippen LogP contribution in [0.3, 0.4) is 0 Å². The summed E-state index contributed by atoms with van der Waals surface area (Å²) < 4.78 is 23.7. The highest BCUT2D eigenvalue weighted by Gasteiger charge is 2.28. The van der Waals surface area contributed by atoms with E-state index in [1.165, 1.54) is 10.6 Å². The van der Waals surface area contributed by atoms with Crippen LogP contribution in [0.15, 0.2) is 0 Å². The molecule has 12 heavy (non-hydrogen) atoms. The molecule has 0 saturated carbocycles. The van der Waals surface area contributed by atoms with E-state index in [1.54, 1.807) is 0 Å². The first kappa shape index (κ1) is 10.3. The number of halogens is 1. The Morgan fingerprint density at radius 2 is 2.00 bits per heavy atom. The van der Waals surface area contributed by atoms with Gasteiger partial charge in [0.25, 0.3) is 0 Å². The van der Waals surface area contributed by atoms with Crippen molar-refractivity contribution < 1.29 is 8.42 Å². The SMILES string of the molecule is CC1CC(Cl)CN(S(C)(=O)=O)C1. The molecule has 1 aliphatic heterocycles. The molecule has 0 aromatic rings. The molecule has 0 aromatic heterocycles. The van der Waals surface area contributed by atoms with Crippen LogP contribution >= 0.6 is 11.6 Å². The molecule has 3 nitrogen and oxygen atoms in total. The van der Waals surface area contributed by atoms with Crippen LogP contribution in [0, 0.1) is 5.92 Å². The summed E-state index contributed by atoms with van der Waals surface area (Å²) in [5.74, 6) is 0.371. The molecule has 1 fully saturated rings. The van der Waals surface area contributed by atoms with Crippen LogP contribution in [0.4, 0.5) is 0 Å². The Morgan fingerprint density at radius 3 is 2.42 bits per heavy atom. The molecule has 1 aliphatic rings. The van der Waals surface area contributed by atoms with Gasteiger partial charge in [-0.1, -0.05) is 6.92 Å². The van der Waals surface area contributed by atoms with Gasteiger partial charge in [0.15, 0.2) is 0 Å². The van der Waals surface area contributed by atoms with Gasteiger partial charge in [-0.15, -0.1) is 11.6 Å². The molecule has 0 N–H and O–H groups in total. The van der Waals surface area contributed by atoms with Crippen molar-refractivity contribution in [2.45, 2.75) is 18.7 Å². The molecule has 1 rings (SSSR count). The third-order valence-corrected chi connectivity index (χ3v) is 3.60. The van der Waals surface area contributed by atoms with Crippen molar-refractivity contribution in [3.05, 3.63) is 0 Å². The van der Waals surface area contributed by atoms with Crippen molar-refractivity contribution >= 4 is 21.6 Å². The average Bonchev–Trinajstić information content (AvgIpc) is 1.82. The highest BCUT2D eigenvalue weighted by Crippen LogP contribution is 2.21. The van der Waals surface area contributed by atoms with Gasteiger partial charge in [-0.05, 0) is 12.3 Å². The van der Waals surface area contributed by atoms with Gasteiger partial charge in [0.05, 0.1) is 6.26 Å². The summed E-state index contributed by atoms with van der Waals surface area (Å²) in [6.07, 6.45) is 2.14. The van der Waals surface area contributed by atoms with Crippen LogP contribution in [0.2, 0.25) is 0 Å². The van der Waals surface area contributed by atoms with Gasteiger partial charge in [-0.25, -0.2) is 12.7 Å². The van der Waals surface area contributed by atoms with Gasteiger partial charge in [0.1, 0.15) is 0 Å². The van der Waals surface area contributed by atoms with E-state index in [4.69, 9.17) is 11.6 Å². The van der Waals surface area contributed by atoms with Crippen molar-refractivity contribution in [2.24, 2.45) is 5.92 Å². The lowest BCUT2D eigenvalue weighted by Gasteiger charge is -2.31. The van der Waals surface area contributed by atoms with E-state index in [-0.39, 0.29) is 5.38 Å². The zero-order valence-electron chi connectivity index (χ0n) is 7.33. The molecule has 0 bridgehead atoms. The fourth-order valence-electron chi connectivity index (χ4n) is 1.50. The molecule has 2 unspecified atom stereocenters. The van der Waals surface area contributed by atoms with Gasteiger partial charge in [0, 0.05) is 18.5 Å². The summed E-state index contributed by atoms with van der Waals surface area (Å²) in [5.41, 5.74) is 0. The highest BCUT2D eigenvalue weighted by molar-refractivity contribution is 7.88. The number of hydrogen-bond acceptors (Lipinski definition) is 2. The van der Waals surface area contributed by atoms with Gasteiger partial charge in [-0.2, -0.15) is 0 Å². The second-order valence-corrected chi connectivity index (χ2v) is 6.12. The molecule has 0 spiro atoms. The zero-order chi connectivity index (χ0) is 9.35. The Hall–Kier alpha value is 0.200. The Bertz CT molecular complexity index is 242. The molecule has 5 heteroatoms. The van der Waals surface area contributed by atoms with Crippen molar-refractivity contribution in [1.82, 2.24) is 4.31 Å². The highest BCUT2D eigenvalue weighted by atomic mass is 35.5. The molecule has 1 heterocycles. The van der Waals surface area contributed by atoms with E-state index < -0.39 is 10.0 Å². The van der Waals surface area contributed by atoms with E-state index >= 15 is 0 Å². The second kappa shape index (κ2) is 3.52. The number of sulfonamides is 1. The largest absolute Gasteiger partial charge is 0.213 e. The van der Waals surface area contributed by atoms with Crippen LogP contribution in [0.5, 0.6) is 0 Å². The van der Waals surface area contributed by atoms with Gasteiger partial charge in [0.2, 0.25) is 10.0 Å². The minimum Gasteiger partial charge on any atom is -0.213 e. The quantitative estimate of drug-likeness (QED) is 0.605. The van der Waals surface area contributed by atoms with Crippen LogP contribution in [0.1, 0.15) is 13.3 Å². The molecular weight excluding hydrogens is 198 g/mol. The maximum atomic E-state index is 11.1. The summed E-state index contributed by atoms with van der Waals surface area (Å²) >= 11 is 5.91. The van der Waals surface area contributed by atoms with Gasteiger partial charge in [-0.3, -0.25) is 0 Å². The van der Waals surface area contributed by atoms with Crippen molar-refractivity contribution in [3.63, 3.8) is 0 Å². The van der Waals surface area contributed by atoms with Gasteiger partial charge >= 0.3 is 0 Å². The number of piperidine rings is 1. The van der Waals surface area contributed by atoms with E-state index in [9.17, 15) is 8.42 Å². The van der Waals surface area contributed by atoms with Crippen LogP contribution in [-0.2, 0) is 10.0 Å². The summed E-state index contributed by atoms with van der Waals surface area (Å²) in [6, 6.07) is 0. The van der Waals surface area contributed by atoms with Crippen molar-refractivity contribution in [2.75, 3.05) is 19.3 Å². The molecule has 0 radical (unpaired) electrons. The predicted octanol–water partition coefficient (Wildman–Crippen LogP) is 0.895. The molecular formula is C7H14ClNO2S. The molecule has 0 amide bonds. The first-order valence-electron chi connectivity index (χ1n) is 3.99. The number of hydrogen-bond donors (Lipinski definition) is 0. The standard InChI is InChI=1S/C7H14ClNO2S/c1-6-3-7(8)5-9(4-6)12(2,10)11/h6-7H,3-5H2,1-2H3. The molecule has 0 aromatic carbocycles. The van der Waals surface area contributed by atoms with Crippen LogP contribution in [-0.4, -0.2) is 37.4 Å². The second-order valence-electron chi connectivity index (χ2n) is 3.52. The lowest BCUT2D eigenvalue weighted by molar-refractivity contribution is 0.287. The Kier molecular flexibility index (Phi) is 3.01. The first-order valence-corrected chi connectivity index (χ1v) is 6.27. The Morgan fingerprint density at radius 1 is 1.42 bits per heavy atom. The van der Waals surface area contributed by atoms with Crippen LogP contribution < -0.4 is 0 Å². The number of alkyl halides is 1. The predicted molar refractivity (Wildman–Crippen MR) is 49.8 cm³/mol. The minimum absolute atomic E-state index is 0.0246. The molecule has 1 saturated heterocycles. The maximum absolute atomic E-state index is 11.1. The van der Waals surface area contributed by atoms with E-state index in [2.05, 4.69) is 0 Å². The maximum Gasteiger partial charge on any atom is 0.211 e. The molecule has 2 atom stereocenters. The van der Waals surface area contributed by atoms with E-state index in [1.807, 2.05) is 6.92 Å². The Balaban J connectivity index is 2.68. The third-order valence-electron chi connectivity index (χ3n) is 2.04. The average molecular weight is 212 g/mol. The van der Waals surface area contributed by atoms with E-state index in [0.29, 0.717) is 19.0 Å².